The third-order valence-corrected chi connectivity index (χ3v) is 6.87. The molecule has 9 heteroatoms. The van der Waals surface area contributed by atoms with Crippen molar-refractivity contribution in [1.29, 1.82) is 0 Å². The summed E-state index contributed by atoms with van der Waals surface area (Å²) >= 11 is 0. The third-order valence-electron chi connectivity index (χ3n) is 6.87. The van der Waals surface area contributed by atoms with Crippen LogP contribution in [0.3, 0.4) is 0 Å². The molecule has 0 amide bonds. The molecule has 2 N–H and O–H groups in total. The topological polar surface area (TPSA) is 123 Å². The maximum atomic E-state index is 13.9. The molecular formula is C32H32N4O5. The van der Waals surface area contributed by atoms with Crippen LogP contribution in [0.1, 0.15) is 42.9 Å². The summed E-state index contributed by atoms with van der Waals surface area (Å²) in [5.74, 6) is 1.00. The van der Waals surface area contributed by atoms with E-state index in [0.717, 1.165) is 34.4 Å². The van der Waals surface area contributed by atoms with Gasteiger partial charge in [0.1, 0.15) is 17.7 Å². The number of nitrogens with one attached hydrogen (secondary N) is 1. The van der Waals surface area contributed by atoms with Crippen molar-refractivity contribution in [3.8, 4) is 34.0 Å². The first-order valence-corrected chi connectivity index (χ1v) is 13.6. The van der Waals surface area contributed by atoms with E-state index in [1.165, 1.54) is 0 Å². The maximum absolute atomic E-state index is 13.9. The number of hydrogen-bond acceptors (Lipinski definition) is 7. The molecule has 0 saturated heterocycles. The molecule has 210 valence electrons. The normalized spacial score (nSPS) is 11.9. The molecular weight excluding hydrogens is 520 g/mol. The number of H-pyrrole nitrogens is 1. The maximum Gasteiger partial charge on any atom is 0.439 e. The summed E-state index contributed by atoms with van der Waals surface area (Å²) in [5, 5.41) is 13.1. The highest BCUT2D eigenvalue weighted by atomic mass is 16.5. The second-order valence-electron chi connectivity index (χ2n) is 9.94. The number of hydrogen-bond donors (Lipinski definition) is 2. The molecule has 0 aliphatic rings. The van der Waals surface area contributed by atoms with E-state index in [1.54, 1.807) is 23.6 Å². The first-order chi connectivity index (χ1) is 19.9. The molecule has 0 aliphatic heterocycles. The summed E-state index contributed by atoms with van der Waals surface area (Å²) in [6.45, 7) is 5.63. The summed E-state index contributed by atoms with van der Waals surface area (Å²) in [6.07, 6.45) is 1.70. The van der Waals surface area contributed by atoms with Gasteiger partial charge in [0, 0.05) is 17.5 Å². The van der Waals surface area contributed by atoms with Gasteiger partial charge in [-0.05, 0) is 61.2 Å². The number of aliphatic hydroxyl groups is 1. The number of rotatable bonds is 10. The number of benzene rings is 3. The molecule has 1 unspecified atom stereocenters. The van der Waals surface area contributed by atoms with E-state index in [-0.39, 0.29) is 18.3 Å². The van der Waals surface area contributed by atoms with E-state index in [1.807, 2.05) is 67.6 Å². The Balaban J connectivity index is 1.47. The van der Waals surface area contributed by atoms with Crippen LogP contribution >= 0.6 is 0 Å². The minimum atomic E-state index is -0.606. The van der Waals surface area contributed by atoms with Crippen LogP contribution < -0.4 is 16.1 Å². The van der Waals surface area contributed by atoms with E-state index in [9.17, 15) is 14.7 Å². The quantitative estimate of drug-likeness (QED) is 0.254. The van der Waals surface area contributed by atoms with Gasteiger partial charge < -0.3 is 9.84 Å². The van der Waals surface area contributed by atoms with Crippen molar-refractivity contribution in [2.24, 2.45) is 0 Å². The molecule has 0 aliphatic carbocycles. The van der Waals surface area contributed by atoms with E-state index in [2.05, 4.69) is 17.1 Å². The van der Waals surface area contributed by atoms with Crippen LogP contribution in [0, 0.1) is 6.92 Å². The minimum Gasteiger partial charge on any atom is -0.488 e. The molecule has 41 heavy (non-hydrogen) atoms. The Morgan fingerprint density at radius 3 is 2.34 bits per heavy atom. The molecule has 2 aromatic heterocycles. The molecule has 0 fully saturated rings. The highest BCUT2D eigenvalue weighted by Gasteiger charge is 2.17. The predicted molar refractivity (Wildman–Crippen MR) is 157 cm³/mol. The van der Waals surface area contributed by atoms with Crippen LogP contribution in [-0.4, -0.2) is 37.5 Å². The molecule has 1 atom stereocenters. The summed E-state index contributed by atoms with van der Waals surface area (Å²) in [6, 6.07) is 22.9. The zero-order valence-electron chi connectivity index (χ0n) is 23.3. The van der Waals surface area contributed by atoms with Gasteiger partial charge in [-0.1, -0.05) is 67.0 Å². The van der Waals surface area contributed by atoms with Gasteiger partial charge in [-0.3, -0.25) is 18.9 Å². The van der Waals surface area contributed by atoms with Gasteiger partial charge in [-0.2, -0.15) is 0 Å². The van der Waals surface area contributed by atoms with Gasteiger partial charge in [-0.15, -0.1) is 0 Å². The van der Waals surface area contributed by atoms with Crippen molar-refractivity contribution in [1.82, 2.24) is 19.7 Å². The van der Waals surface area contributed by atoms with Gasteiger partial charge in [0.25, 0.3) is 5.56 Å². The van der Waals surface area contributed by atoms with E-state index in [0.29, 0.717) is 41.5 Å². The van der Waals surface area contributed by atoms with Crippen LogP contribution in [0.4, 0.5) is 0 Å². The van der Waals surface area contributed by atoms with Gasteiger partial charge in [0.2, 0.25) is 0 Å². The number of aliphatic hydroxyl groups excluding tert-OH is 1. The van der Waals surface area contributed by atoms with Gasteiger partial charge >= 0.3 is 5.76 Å². The van der Waals surface area contributed by atoms with E-state index in [4.69, 9.17) is 14.2 Å². The van der Waals surface area contributed by atoms with Crippen molar-refractivity contribution < 1.29 is 14.4 Å². The first kappa shape index (κ1) is 27.8. The third kappa shape index (κ3) is 6.05. The molecule has 2 heterocycles. The van der Waals surface area contributed by atoms with Crippen LogP contribution in [0.5, 0.6) is 5.75 Å². The highest BCUT2D eigenvalue weighted by Crippen LogP contribution is 2.30. The monoisotopic (exact) mass is 552 g/mol. The number of aromatic amines is 1. The molecule has 5 aromatic rings. The Morgan fingerprint density at radius 1 is 1.00 bits per heavy atom. The van der Waals surface area contributed by atoms with Crippen molar-refractivity contribution in [3.63, 3.8) is 0 Å². The lowest BCUT2D eigenvalue weighted by Crippen LogP contribution is -2.28. The Morgan fingerprint density at radius 2 is 1.71 bits per heavy atom. The fourth-order valence-electron chi connectivity index (χ4n) is 4.88. The molecule has 9 nitrogen and oxygen atoms in total. The van der Waals surface area contributed by atoms with Crippen molar-refractivity contribution in [3.05, 3.63) is 116 Å². The molecule has 3 aromatic carbocycles. The van der Waals surface area contributed by atoms with Crippen LogP contribution in [0.25, 0.3) is 28.2 Å². The summed E-state index contributed by atoms with van der Waals surface area (Å²) < 4.78 is 12.0. The second kappa shape index (κ2) is 12.2. The average Bonchev–Trinajstić information content (AvgIpc) is 3.42. The fraction of sp³-hybridized carbons (Fsp3) is 0.250. The van der Waals surface area contributed by atoms with E-state index < -0.39 is 5.76 Å². The summed E-state index contributed by atoms with van der Waals surface area (Å²) in [4.78, 5) is 32.9. The number of aryl methyl sites for hydroxylation is 2. The fourth-order valence-corrected chi connectivity index (χ4v) is 4.88. The molecule has 0 bridgehead atoms. The van der Waals surface area contributed by atoms with Gasteiger partial charge in [0.05, 0.1) is 18.0 Å². The largest absolute Gasteiger partial charge is 0.488 e. The van der Waals surface area contributed by atoms with Crippen molar-refractivity contribution in [2.75, 3.05) is 6.61 Å². The van der Waals surface area contributed by atoms with Crippen LogP contribution in [-0.2, 0) is 12.8 Å². The zero-order chi connectivity index (χ0) is 28.9. The summed E-state index contributed by atoms with van der Waals surface area (Å²) in [5.41, 5.74) is 5.66. The Hall–Kier alpha value is -4.76. The van der Waals surface area contributed by atoms with Crippen molar-refractivity contribution >= 4 is 0 Å². The Labute approximate surface area is 237 Å². The molecule has 0 radical (unpaired) electrons. The van der Waals surface area contributed by atoms with Gasteiger partial charge in [0.15, 0.2) is 5.82 Å². The second-order valence-corrected chi connectivity index (χ2v) is 9.94. The molecule has 0 saturated carbocycles. The van der Waals surface area contributed by atoms with E-state index >= 15 is 0 Å². The first-order valence-electron chi connectivity index (χ1n) is 13.6. The average molecular weight is 553 g/mol. The number of nitrogens with zero attached hydrogens (tertiary/aromatic N) is 3. The SMILES string of the molecule is CCCc1nc(C)n(-c2ccc(OC(C)CO)cc2)c(=O)c1Cc1ccc(-c2ccccc2-c2noc(=O)[nH]2)cc1. The number of ether oxygens (including phenoxy) is 1. The Bertz CT molecular complexity index is 1750. The Kier molecular flexibility index (Phi) is 8.26. The minimum absolute atomic E-state index is 0.0809. The number of aromatic nitrogens is 4. The lowest BCUT2D eigenvalue weighted by atomic mass is 9.96. The van der Waals surface area contributed by atoms with Crippen molar-refractivity contribution in [2.45, 2.75) is 46.1 Å². The summed E-state index contributed by atoms with van der Waals surface area (Å²) in [7, 11) is 0. The molecule has 5 rings (SSSR count). The standard InChI is InChI=1S/C32H32N4O5/c1-4-7-29-28(31(38)36(21(3)33-29)24-14-16-25(17-15-24)40-20(2)19-37)18-22-10-12-23(13-11-22)26-8-5-6-9-27(26)30-34-32(39)41-35-30/h5-6,8-17,20,37H,4,7,18-19H2,1-3H3,(H,34,35,39). The lowest BCUT2D eigenvalue weighted by Gasteiger charge is -2.17. The zero-order valence-corrected chi connectivity index (χ0v) is 23.3. The van der Waals surface area contributed by atoms with Gasteiger partial charge in [-0.25, -0.2) is 9.78 Å². The van der Waals surface area contributed by atoms with Crippen LogP contribution in [0.2, 0.25) is 0 Å². The smallest absolute Gasteiger partial charge is 0.439 e. The molecule has 0 spiro atoms. The lowest BCUT2D eigenvalue weighted by molar-refractivity contribution is 0.130. The van der Waals surface area contributed by atoms with Crippen LogP contribution in [0.15, 0.2) is 86.9 Å². The highest BCUT2D eigenvalue weighted by molar-refractivity contribution is 5.80. The predicted octanol–water partition coefficient (Wildman–Crippen LogP) is 4.85.